The second-order valence-electron chi connectivity index (χ2n) is 8.49. The second kappa shape index (κ2) is 13.9. The Morgan fingerprint density at radius 3 is 2.40 bits per heavy atom. The van der Waals surface area contributed by atoms with Gasteiger partial charge in [-0.05, 0) is 30.7 Å². The van der Waals surface area contributed by atoms with Gasteiger partial charge in [0, 0.05) is 16.3 Å². The van der Waals surface area contributed by atoms with Crippen molar-refractivity contribution in [2.45, 2.75) is 31.7 Å². The second-order valence-corrected chi connectivity index (χ2v) is 8.90. The van der Waals surface area contributed by atoms with Crippen LogP contribution in [0.3, 0.4) is 0 Å². The number of esters is 1. The molecule has 2 aromatic carbocycles. The Morgan fingerprint density at radius 2 is 1.75 bits per heavy atom. The molecule has 2 atom stereocenters. The monoisotopic (exact) mass is 579 g/mol. The largest absolute Gasteiger partial charge is 0.461 e. The van der Waals surface area contributed by atoms with Crippen molar-refractivity contribution in [3.63, 3.8) is 0 Å². The third-order valence-electron chi connectivity index (χ3n) is 5.73. The molecule has 4 N–H and O–H groups in total. The van der Waals surface area contributed by atoms with Gasteiger partial charge < -0.3 is 29.9 Å². The zero-order valence-electron chi connectivity index (χ0n) is 21.4. The number of ether oxygens (including phenoxy) is 2. The smallest absolute Gasteiger partial charge is 0.411 e. The molecule has 0 radical (unpaired) electrons. The highest BCUT2D eigenvalue weighted by Crippen LogP contribution is 2.31. The summed E-state index contributed by atoms with van der Waals surface area (Å²) in [6.45, 7) is -1.04. The van der Waals surface area contributed by atoms with Gasteiger partial charge in [0.25, 0.3) is 0 Å². The van der Waals surface area contributed by atoms with Crippen LogP contribution in [0.15, 0.2) is 72.4 Å². The lowest BCUT2D eigenvalue weighted by Gasteiger charge is -2.36. The summed E-state index contributed by atoms with van der Waals surface area (Å²) in [7, 11) is 0. The number of nitrogens with zero attached hydrogens (tertiary/aromatic N) is 1. The van der Waals surface area contributed by atoms with E-state index in [2.05, 4.69) is 10.1 Å². The van der Waals surface area contributed by atoms with Gasteiger partial charge in [-0.1, -0.05) is 60.1 Å². The molecule has 0 spiro atoms. The Kier molecular flexibility index (Phi) is 10.6. The quantitative estimate of drug-likeness (QED) is 0.298. The van der Waals surface area contributed by atoms with Crippen molar-refractivity contribution in [2.75, 3.05) is 19.8 Å². The first kappa shape index (κ1) is 30.5. The topological polar surface area (TPSA) is 137 Å². The number of amides is 2. The Morgan fingerprint density at radius 1 is 1.07 bits per heavy atom. The van der Waals surface area contributed by atoms with Crippen LogP contribution in [0.1, 0.15) is 18.1 Å². The number of nitrogens with one attached hydrogen (secondary N) is 2. The molecule has 0 bridgehead atoms. The number of alkyl halides is 2. The summed E-state index contributed by atoms with van der Waals surface area (Å²) >= 11 is 6.31. The van der Waals surface area contributed by atoms with Crippen molar-refractivity contribution in [2.24, 2.45) is 0 Å². The number of aliphatic hydroxyl groups excluding tert-OH is 2. The highest BCUT2D eigenvalue weighted by atomic mass is 35.5. The summed E-state index contributed by atoms with van der Waals surface area (Å²) in [5, 5.41) is 25.1. The molecule has 214 valence electrons. The zero-order valence-corrected chi connectivity index (χ0v) is 22.1. The van der Waals surface area contributed by atoms with E-state index in [0.29, 0.717) is 5.56 Å². The van der Waals surface area contributed by atoms with E-state index < -0.39 is 49.3 Å². The van der Waals surface area contributed by atoms with E-state index in [4.69, 9.17) is 16.3 Å². The van der Waals surface area contributed by atoms with E-state index in [9.17, 15) is 33.4 Å². The summed E-state index contributed by atoms with van der Waals surface area (Å²) in [4.78, 5) is 38.0. The number of rotatable bonds is 11. The van der Waals surface area contributed by atoms with Gasteiger partial charge in [-0.25, -0.2) is 9.59 Å². The van der Waals surface area contributed by atoms with Gasteiger partial charge in [0.05, 0.1) is 25.5 Å². The lowest BCUT2D eigenvalue weighted by Crippen LogP contribution is -2.57. The Bertz CT molecular complexity index is 1270. The fourth-order valence-corrected chi connectivity index (χ4v) is 3.97. The molecular formula is C27H28ClF2N3O7. The van der Waals surface area contributed by atoms with Crippen molar-refractivity contribution < 1.29 is 42.9 Å². The number of carbonyl (C=O) groups is 3. The summed E-state index contributed by atoms with van der Waals surface area (Å²) < 4.78 is 38.5. The molecule has 10 nitrogen and oxygen atoms in total. The molecule has 2 unspecified atom stereocenters. The number of halogens is 3. The summed E-state index contributed by atoms with van der Waals surface area (Å²) in [6.07, 6.45) is 0.310. The van der Waals surface area contributed by atoms with Crippen LogP contribution in [0.25, 0.3) is 5.70 Å². The molecule has 2 amide bonds. The first-order valence-electron chi connectivity index (χ1n) is 12.1. The van der Waals surface area contributed by atoms with Crippen LogP contribution in [0.5, 0.6) is 0 Å². The molecule has 1 aliphatic heterocycles. The van der Waals surface area contributed by atoms with E-state index in [1.165, 1.54) is 19.1 Å². The van der Waals surface area contributed by atoms with E-state index >= 15 is 0 Å². The van der Waals surface area contributed by atoms with Crippen molar-refractivity contribution in [1.82, 2.24) is 15.5 Å². The third-order valence-corrected chi connectivity index (χ3v) is 6.06. The van der Waals surface area contributed by atoms with Crippen LogP contribution < -0.4 is 10.6 Å². The van der Waals surface area contributed by atoms with Crippen LogP contribution >= 0.6 is 11.6 Å². The molecule has 2 aromatic rings. The Labute approximate surface area is 233 Å². The lowest BCUT2D eigenvalue weighted by molar-refractivity contribution is -0.178. The van der Waals surface area contributed by atoms with Gasteiger partial charge in [0.1, 0.15) is 12.6 Å². The van der Waals surface area contributed by atoms with Crippen LogP contribution in [-0.4, -0.2) is 71.0 Å². The third kappa shape index (κ3) is 7.56. The number of benzene rings is 2. The minimum atomic E-state index is -4.22. The fraction of sp³-hybridized carbons (Fsp3) is 0.296. The molecule has 0 aromatic heterocycles. The maximum Gasteiger partial charge on any atom is 0.411 e. The van der Waals surface area contributed by atoms with Gasteiger partial charge in [-0.3, -0.25) is 10.1 Å². The predicted octanol–water partition coefficient (Wildman–Crippen LogP) is 2.80. The molecule has 1 aliphatic rings. The van der Waals surface area contributed by atoms with Crippen LogP contribution in [-0.2, 0) is 25.7 Å². The number of hydrogen-bond acceptors (Lipinski definition) is 8. The van der Waals surface area contributed by atoms with E-state index in [1.54, 1.807) is 54.6 Å². The number of carbonyl (C=O) groups excluding carboxylic acids is 3. The van der Waals surface area contributed by atoms with Crippen molar-refractivity contribution >= 4 is 35.3 Å². The van der Waals surface area contributed by atoms with E-state index in [0.717, 1.165) is 10.5 Å². The minimum absolute atomic E-state index is 0.0416. The Hall–Kier alpha value is -4.00. The molecule has 0 saturated carbocycles. The SMILES string of the molecule is CCOC(=O)C(F)(F)C(CO)NC(=O)CN1C(c2ccccc2Cl)=CC=C(NC(=O)OCc2ccccc2)C1O. The summed E-state index contributed by atoms with van der Waals surface area (Å²) in [5.41, 5.74) is 1.29. The van der Waals surface area contributed by atoms with Crippen LogP contribution in [0.2, 0.25) is 5.02 Å². The van der Waals surface area contributed by atoms with E-state index in [-0.39, 0.29) is 29.6 Å². The zero-order chi connectivity index (χ0) is 29.3. The lowest BCUT2D eigenvalue weighted by atomic mass is 10.1. The maximum atomic E-state index is 14.5. The highest BCUT2D eigenvalue weighted by Gasteiger charge is 2.49. The Balaban J connectivity index is 1.80. The average molecular weight is 580 g/mol. The van der Waals surface area contributed by atoms with Crippen molar-refractivity contribution in [3.05, 3.63) is 88.6 Å². The van der Waals surface area contributed by atoms with Crippen LogP contribution in [0.4, 0.5) is 13.6 Å². The van der Waals surface area contributed by atoms with Gasteiger partial charge in [-0.15, -0.1) is 0 Å². The summed E-state index contributed by atoms with van der Waals surface area (Å²) in [6, 6.07) is 13.1. The average Bonchev–Trinajstić information content (AvgIpc) is 2.94. The minimum Gasteiger partial charge on any atom is -0.461 e. The normalized spacial score (nSPS) is 15.8. The number of aliphatic hydroxyl groups is 2. The molecule has 0 saturated heterocycles. The standard InChI is InChI=1S/C27H28ClF2N3O7/c1-2-39-25(37)27(29,30)22(15-34)32-23(35)14-33-21(18-10-6-7-11-19(18)28)13-12-20(24(33)36)31-26(38)40-16-17-8-4-3-5-9-17/h3-13,22,24,34,36H,2,14-16H2,1H3,(H,31,38)(H,32,35). The molecule has 3 rings (SSSR count). The van der Waals surface area contributed by atoms with Gasteiger partial charge >= 0.3 is 18.0 Å². The number of allylic oxidation sites excluding steroid dienone is 2. The number of hydrogen-bond donors (Lipinski definition) is 4. The number of alkyl carbamates (subject to hydrolysis) is 1. The predicted molar refractivity (Wildman–Crippen MR) is 141 cm³/mol. The molecule has 0 fully saturated rings. The molecule has 1 heterocycles. The molecule has 0 aliphatic carbocycles. The summed E-state index contributed by atoms with van der Waals surface area (Å²) in [5.74, 6) is -7.21. The van der Waals surface area contributed by atoms with Crippen LogP contribution in [0, 0.1) is 0 Å². The molecule has 13 heteroatoms. The fourth-order valence-electron chi connectivity index (χ4n) is 3.73. The van der Waals surface area contributed by atoms with Gasteiger partial charge in [0.15, 0.2) is 6.23 Å². The highest BCUT2D eigenvalue weighted by molar-refractivity contribution is 6.32. The first-order valence-corrected chi connectivity index (χ1v) is 12.5. The van der Waals surface area contributed by atoms with Gasteiger partial charge in [-0.2, -0.15) is 8.78 Å². The first-order chi connectivity index (χ1) is 19.1. The van der Waals surface area contributed by atoms with Crippen molar-refractivity contribution in [1.29, 1.82) is 0 Å². The van der Waals surface area contributed by atoms with E-state index in [1.807, 2.05) is 5.32 Å². The van der Waals surface area contributed by atoms with Crippen molar-refractivity contribution in [3.8, 4) is 0 Å². The molecular weight excluding hydrogens is 552 g/mol. The maximum absolute atomic E-state index is 14.5. The molecule has 40 heavy (non-hydrogen) atoms. The van der Waals surface area contributed by atoms with Gasteiger partial charge in [0.2, 0.25) is 5.91 Å².